The van der Waals surface area contributed by atoms with Crippen LogP contribution < -0.4 is 5.32 Å². The molecule has 0 aromatic heterocycles. The highest BCUT2D eigenvalue weighted by molar-refractivity contribution is 7.98. The topological polar surface area (TPSA) is 69.7 Å². The second-order valence-corrected chi connectivity index (χ2v) is 10.1. The summed E-state index contributed by atoms with van der Waals surface area (Å²) in [4.78, 5) is 12.3. The first-order chi connectivity index (χ1) is 12.3. The lowest BCUT2D eigenvalue weighted by molar-refractivity contribution is -0.125. The number of rotatable bonds is 8. The molecule has 1 fully saturated rings. The molecule has 1 aliphatic heterocycles. The van der Waals surface area contributed by atoms with Gasteiger partial charge in [-0.05, 0) is 30.5 Å². The maximum absolute atomic E-state index is 12.3. The first-order valence-corrected chi connectivity index (χ1v) is 11.5. The number of piperidine rings is 1. The van der Waals surface area contributed by atoms with E-state index in [4.69, 9.17) is 11.6 Å². The average Bonchev–Trinajstić information content (AvgIpc) is 2.62. The summed E-state index contributed by atoms with van der Waals surface area (Å²) in [7, 11) is -0.434. The fourth-order valence-electron chi connectivity index (χ4n) is 2.76. The summed E-state index contributed by atoms with van der Waals surface area (Å²) in [5.74, 6) is 1.34. The van der Waals surface area contributed by atoms with E-state index in [2.05, 4.69) is 5.32 Å². The third-order valence-corrected chi connectivity index (χ3v) is 7.46. The number of thioether (sulfide) groups is 1. The molecule has 1 atom stereocenters. The summed E-state index contributed by atoms with van der Waals surface area (Å²) in [6.07, 6.45) is 1.43. The molecule has 0 saturated carbocycles. The summed E-state index contributed by atoms with van der Waals surface area (Å²) in [6.45, 7) is 1.31. The van der Waals surface area contributed by atoms with E-state index in [-0.39, 0.29) is 18.4 Å². The van der Waals surface area contributed by atoms with Gasteiger partial charge in [0.15, 0.2) is 0 Å². The molecule has 0 spiro atoms. The van der Waals surface area contributed by atoms with Crippen molar-refractivity contribution in [3.63, 3.8) is 0 Å². The van der Waals surface area contributed by atoms with Gasteiger partial charge in [0.25, 0.3) is 10.2 Å². The SMILES string of the molecule is CN(C)S(=O)(=O)N1CCCC(C(=O)NCCSCc2ccc(Cl)cc2)C1. The third kappa shape index (κ3) is 6.13. The van der Waals surface area contributed by atoms with E-state index in [9.17, 15) is 13.2 Å². The Morgan fingerprint density at radius 3 is 2.69 bits per heavy atom. The number of hydrogen-bond donors (Lipinski definition) is 1. The van der Waals surface area contributed by atoms with Crippen molar-refractivity contribution < 1.29 is 13.2 Å². The van der Waals surface area contributed by atoms with Gasteiger partial charge in [-0.2, -0.15) is 28.8 Å². The maximum Gasteiger partial charge on any atom is 0.281 e. The molecular weight excluding hydrogens is 394 g/mol. The number of halogens is 1. The number of hydrogen-bond acceptors (Lipinski definition) is 4. The van der Waals surface area contributed by atoms with Crippen LogP contribution in [0.25, 0.3) is 0 Å². The Kier molecular flexibility index (Phi) is 8.22. The standard InChI is InChI=1S/C17H26ClN3O3S2/c1-20(2)26(23,24)21-10-3-4-15(12-21)17(22)19-9-11-25-13-14-5-7-16(18)8-6-14/h5-8,15H,3-4,9-13H2,1-2H3,(H,19,22). The number of benzene rings is 1. The van der Waals surface area contributed by atoms with Crippen molar-refractivity contribution in [2.24, 2.45) is 5.92 Å². The predicted molar refractivity (Wildman–Crippen MR) is 108 cm³/mol. The van der Waals surface area contributed by atoms with Crippen LogP contribution in [-0.2, 0) is 20.8 Å². The lowest BCUT2D eigenvalue weighted by atomic mass is 9.99. The lowest BCUT2D eigenvalue weighted by Gasteiger charge is -2.32. The zero-order valence-electron chi connectivity index (χ0n) is 15.2. The molecule has 0 bridgehead atoms. The summed E-state index contributed by atoms with van der Waals surface area (Å²) < 4.78 is 27.0. The Labute approximate surface area is 165 Å². The molecule has 1 heterocycles. The average molecular weight is 420 g/mol. The molecule has 146 valence electrons. The summed E-state index contributed by atoms with van der Waals surface area (Å²) in [6, 6.07) is 7.73. The van der Waals surface area contributed by atoms with Crippen LogP contribution in [0.1, 0.15) is 18.4 Å². The van der Waals surface area contributed by atoms with Crippen LogP contribution in [0, 0.1) is 5.92 Å². The van der Waals surface area contributed by atoms with E-state index >= 15 is 0 Å². The van der Waals surface area contributed by atoms with Crippen LogP contribution in [0.2, 0.25) is 5.02 Å². The van der Waals surface area contributed by atoms with E-state index in [0.717, 1.165) is 22.9 Å². The van der Waals surface area contributed by atoms with Gasteiger partial charge in [-0.1, -0.05) is 23.7 Å². The van der Waals surface area contributed by atoms with Crippen molar-refractivity contribution in [2.45, 2.75) is 18.6 Å². The Bertz CT molecular complexity index is 696. The molecule has 2 rings (SSSR count). The predicted octanol–water partition coefficient (Wildman–Crippen LogP) is 2.21. The van der Waals surface area contributed by atoms with Gasteiger partial charge in [0, 0.05) is 50.3 Å². The normalized spacial score (nSPS) is 18.8. The van der Waals surface area contributed by atoms with Crippen LogP contribution in [0.5, 0.6) is 0 Å². The van der Waals surface area contributed by atoms with E-state index in [1.165, 1.54) is 28.3 Å². The number of carbonyl (C=O) groups is 1. The third-order valence-electron chi connectivity index (χ3n) is 4.27. The van der Waals surface area contributed by atoms with Crippen molar-refractivity contribution in [2.75, 3.05) is 39.5 Å². The lowest BCUT2D eigenvalue weighted by Crippen LogP contribution is -2.49. The second-order valence-electron chi connectivity index (χ2n) is 6.46. The molecule has 1 saturated heterocycles. The highest BCUT2D eigenvalue weighted by Gasteiger charge is 2.33. The van der Waals surface area contributed by atoms with Gasteiger partial charge in [-0.3, -0.25) is 4.79 Å². The minimum Gasteiger partial charge on any atom is -0.355 e. The van der Waals surface area contributed by atoms with Gasteiger partial charge in [-0.25, -0.2) is 0 Å². The van der Waals surface area contributed by atoms with Crippen molar-refractivity contribution in [1.82, 2.24) is 13.9 Å². The van der Waals surface area contributed by atoms with E-state index < -0.39 is 10.2 Å². The Hall–Kier alpha value is -0.800. The number of carbonyl (C=O) groups excluding carboxylic acids is 1. The number of nitrogens with zero attached hydrogens (tertiary/aromatic N) is 2. The molecule has 1 aromatic carbocycles. The minimum atomic E-state index is -3.46. The smallest absolute Gasteiger partial charge is 0.281 e. The van der Waals surface area contributed by atoms with Crippen LogP contribution >= 0.6 is 23.4 Å². The molecule has 26 heavy (non-hydrogen) atoms. The Balaban J connectivity index is 1.71. The largest absolute Gasteiger partial charge is 0.355 e. The zero-order chi connectivity index (χ0) is 19.2. The molecule has 1 unspecified atom stereocenters. The second kappa shape index (κ2) is 9.94. The highest BCUT2D eigenvalue weighted by Crippen LogP contribution is 2.20. The molecule has 0 aliphatic carbocycles. The van der Waals surface area contributed by atoms with Gasteiger partial charge in [0.1, 0.15) is 0 Å². The van der Waals surface area contributed by atoms with Crippen LogP contribution in [0.15, 0.2) is 24.3 Å². The molecule has 0 radical (unpaired) electrons. The molecule has 1 aliphatic rings. The van der Waals surface area contributed by atoms with Gasteiger partial charge < -0.3 is 5.32 Å². The summed E-state index contributed by atoms with van der Waals surface area (Å²) in [5.41, 5.74) is 1.20. The van der Waals surface area contributed by atoms with Crippen LogP contribution in [0.3, 0.4) is 0 Å². The number of amides is 1. The minimum absolute atomic E-state index is 0.0595. The van der Waals surface area contributed by atoms with Crippen molar-refractivity contribution >= 4 is 39.5 Å². The Morgan fingerprint density at radius 1 is 1.35 bits per heavy atom. The maximum atomic E-state index is 12.3. The molecular formula is C17H26ClN3O3S2. The quantitative estimate of drug-likeness (QED) is 0.656. The van der Waals surface area contributed by atoms with Crippen molar-refractivity contribution in [1.29, 1.82) is 0 Å². The first kappa shape index (κ1) is 21.5. The zero-order valence-corrected chi connectivity index (χ0v) is 17.5. The molecule has 6 nitrogen and oxygen atoms in total. The number of nitrogens with one attached hydrogen (secondary N) is 1. The van der Waals surface area contributed by atoms with Gasteiger partial charge >= 0.3 is 0 Å². The molecule has 1 N–H and O–H groups in total. The van der Waals surface area contributed by atoms with E-state index in [1.54, 1.807) is 11.8 Å². The Morgan fingerprint density at radius 2 is 2.04 bits per heavy atom. The monoisotopic (exact) mass is 419 g/mol. The summed E-state index contributed by atoms with van der Waals surface area (Å²) in [5, 5.41) is 3.66. The summed E-state index contributed by atoms with van der Waals surface area (Å²) >= 11 is 7.60. The van der Waals surface area contributed by atoms with Gasteiger partial charge in [0.2, 0.25) is 5.91 Å². The highest BCUT2D eigenvalue weighted by atomic mass is 35.5. The van der Waals surface area contributed by atoms with Crippen LogP contribution in [0.4, 0.5) is 0 Å². The first-order valence-electron chi connectivity index (χ1n) is 8.58. The van der Waals surface area contributed by atoms with E-state index in [0.29, 0.717) is 19.5 Å². The van der Waals surface area contributed by atoms with Crippen molar-refractivity contribution in [3.8, 4) is 0 Å². The van der Waals surface area contributed by atoms with Crippen LogP contribution in [-0.4, -0.2) is 62.4 Å². The molecule has 9 heteroatoms. The molecule has 1 aromatic rings. The van der Waals surface area contributed by atoms with Crippen molar-refractivity contribution in [3.05, 3.63) is 34.9 Å². The van der Waals surface area contributed by atoms with Gasteiger partial charge in [-0.15, -0.1) is 0 Å². The fraction of sp³-hybridized carbons (Fsp3) is 0.588. The molecule has 1 amide bonds. The van der Waals surface area contributed by atoms with Gasteiger partial charge in [0.05, 0.1) is 5.92 Å². The fourth-order valence-corrected chi connectivity index (χ4v) is 4.89. The van der Waals surface area contributed by atoms with E-state index in [1.807, 2.05) is 24.3 Å².